The number of thioether (sulfide) groups is 1. The predicted octanol–water partition coefficient (Wildman–Crippen LogP) is 5.35. The first kappa shape index (κ1) is 18.8. The molecule has 28 heavy (non-hydrogen) atoms. The summed E-state index contributed by atoms with van der Waals surface area (Å²) in [6, 6.07) is 19.5. The van der Waals surface area contributed by atoms with Gasteiger partial charge in [-0.1, -0.05) is 29.4 Å². The Hall–Kier alpha value is -2.54. The van der Waals surface area contributed by atoms with Gasteiger partial charge >= 0.3 is 0 Å². The van der Waals surface area contributed by atoms with Crippen molar-refractivity contribution in [2.75, 3.05) is 13.9 Å². The highest BCUT2D eigenvalue weighted by Crippen LogP contribution is 2.31. The number of hydrogen-bond acceptors (Lipinski definition) is 5. The smallest absolute Gasteiger partial charge is 0.188 e. The van der Waals surface area contributed by atoms with Gasteiger partial charge in [0.25, 0.3) is 0 Å². The normalized spacial score (nSPS) is 11.1. The van der Waals surface area contributed by atoms with Crippen LogP contribution in [0.4, 0.5) is 0 Å². The summed E-state index contributed by atoms with van der Waals surface area (Å²) in [5.41, 5.74) is 3.85. The molecule has 142 valence electrons. The maximum atomic E-state index is 6.25. The Morgan fingerprint density at radius 3 is 2.68 bits per heavy atom. The summed E-state index contributed by atoms with van der Waals surface area (Å²) in [6.07, 6.45) is 1.80. The van der Waals surface area contributed by atoms with Gasteiger partial charge in [0.2, 0.25) is 0 Å². The zero-order chi connectivity index (χ0) is 19.3. The number of halogens is 1. The Balaban J connectivity index is 1.71. The third-order valence-electron chi connectivity index (χ3n) is 4.10. The average molecular weight is 412 g/mol. The van der Waals surface area contributed by atoms with Gasteiger partial charge in [-0.2, -0.15) is 0 Å². The molecule has 0 amide bonds. The molecule has 0 saturated carbocycles. The first-order chi connectivity index (χ1) is 13.7. The molecule has 0 aliphatic carbocycles. The van der Waals surface area contributed by atoms with E-state index in [1.54, 1.807) is 25.1 Å². The molecular formula is C21H18ClN3O2S. The highest BCUT2D eigenvalue weighted by atomic mass is 35.5. The van der Waals surface area contributed by atoms with E-state index in [4.69, 9.17) is 26.1 Å². The number of aromatic nitrogens is 3. The molecule has 2 aromatic heterocycles. The first-order valence-electron chi connectivity index (χ1n) is 8.67. The summed E-state index contributed by atoms with van der Waals surface area (Å²) < 4.78 is 12.5. The minimum atomic E-state index is 0.216. The third-order valence-corrected chi connectivity index (χ3v) is 5.31. The fourth-order valence-corrected chi connectivity index (χ4v) is 3.92. The molecule has 0 bridgehead atoms. The molecule has 4 aromatic rings. The van der Waals surface area contributed by atoms with Crippen molar-refractivity contribution in [3.63, 3.8) is 0 Å². The van der Waals surface area contributed by atoms with Crippen LogP contribution in [0.1, 0.15) is 5.69 Å². The van der Waals surface area contributed by atoms with Crippen LogP contribution in [-0.2, 0) is 10.5 Å². The van der Waals surface area contributed by atoms with Crippen LogP contribution >= 0.6 is 23.4 Å². The zero-order valence-electron chi connectivity index (χ0n) is 15.2. The van der Waals surface area contributed by atoms with E-state index >= 15 is 0 Å². The number of ether oxygens (including phenoxy) is 2. The SMILES string of the molecule is COCOc1ccc(-n2c(SCc3ccccn3)nc3ccc(Cl)cc32)cc1. The van der Waals surface area contributed by atoms with Crippen molar-refractivity contribution in [3.05, 3.63) is 77.6 Å². The molecule has 0 saturated heterocycles. The van der Waals surface area contributed by atoms with Gasteiger partial charge in [-0.15, -0.1) is 0 Å². The molecule has 0 aliphatic rings. The number of nitrogens with zero attached hydrogens (tertiary/aromatic N) is 3. The molecule has 4 rings (SSSR count). The summed E-state index contributed by atoms with van der Waals surface area (Å²) in [7, 11) is 1.60. The molecule has 0 atom stereocenters. The minimum absolute atomic E-state index is 0.216. The molecular weight excluding hydrogens is 394 g/mol. The molecule has 0 aliphatic heterocycles. The summed E-state index contributed by atoms with van der Waals surface area (Å²) in [6.45, 7) is 0.216. The molecule has 5 nitrogen and oxygen atoms in total. The van der Waals surface area contributed by atoms with Crippen LogP contribution in [0.2, 0.25) is 5.02 Å². The number of hydrogen-bond donors (Lipinski definition) is 0. The zero-order valence-corrected chi connectivity index (χ0v) is 16.8. The van der Waals surface area contributed by atoms with Gasteiger partial charge in [-0.3, -0.25) is 9.55 Å². The van der Waals surface area contributed by atoms with Crippen LogP contribution in [0.15, 0.2) is 72.0 Å². The van der Waals surface area contributed by atoms with E-state index in [0.717, 1.165) is 39.1 Å². The second-order valence-electron chi connectivity index (χ2n) is 6.02. The first-order valence-corrected chi connectivity index (χ1v) is 10.0. The Morgan fingerprint density at radius 2 is 1.93 bits per heavy atom. The van der Waals surface area contributed by atoms with E-state index < -0.39 is 0 Å². The lowest BCUT2D eigenvalue weighted by molar-refractivity contribution is 0.0511. The number of methoxy groups -OCH3 is 1. The molecule has 2 heterocycles. The number of fused-ring (bicyclic) bond motifs is 1. The number of rotatable bonds is 7. The van der Waals surface area contributed by atoms with E-state index in [9.17, 15) is 0 Å². The number of pyridine rings is 1. The van der Waals surface area contributed by atoms with Crippen molar-refractivity contribution in [2.45, 2.75) is 10.9 Å². The van der Waals surface area contributed by atoms with Gasteiger partial charge in [-0.05, 0) is 54.6 Å². The molecule has 0 fully saturated rings. The van der Waals surface area contributed by atoms with Gasteiger partial charge in [-0.25, -0.2) is 4.98 Å². The van der Waals surface area contributed by atoms with Crippen molar-refractivity contribution in [3.8, 4) is 11.4 Å². The van der Waals surface area contributed by atoms with Gasteiger partial charge < -0.3 is 9.47 Å². The molecule has 2 aromatic carbocycles. The van der Waals surface area contributed by atoms with Crippen LogP contribution in [0.3, 0.4) is 0 Å². The van der Waals surface area contributed by atoms with Gasteiger partial charge in [0.15, 0.2) is 11.9 Å². The van der Waals surface area contributed by atoms with Crippen LogP contribution in [0.25, 0.3) is 16.7 Å². The number of imidazole rings is 1. The maximum Gasteiger partial charge on any atom is 0.188 e. The second-order valence-corrected chi connectivity index (χ2v) is 7.40. The second kappa shape index (κ2) is 8.65. The lowest BCUT2D eigenvalue weighted by atomic mass is 10.2. The Labute approximate surface area is 172 Å². The summed E-state index contributed by atoms with van der Waals surface area (Å²) in [4.78, 5) is 9.20. The Kier molecular flexibility index (Phi) is 5.81. The van der Waals surface area contributed by atoms with Crippen molar-refractivity contribution >= 4 is 34.4 Å². The average Bonchev–Trinajstić information content (AvgIpc) is 3.09. The monoisotopic (exact) mass is 411 g/mol. The van der Waals surface area contributed by atoms with E-state index in [1.807, 2.05) is 60.7 Å². The molecule has 0 radical (unpaired) electrons. The van der Waals surface area contributed by atoms with E-state index in [2.05, 4.69) is 9.55 Å². The topological polar surface area (TPSA) is 49.2 Å². The van der Waals surface area contributed by atoms with E-state index in [0.29, 0.717) is 5.02 Å². The molecule has 0 N–H and O–H groups in total. The van der Waals surface area contributed by atoms with E-state index in [-0.39, 0.29) is 6.79 Å². The van der Waals surface area contributed by atoms with Crippen LogP contribution in [-0.4, -0.2) is 28.4 Å². The minimum Gasteiger partial charge on any atom is -0.468 e. The van der Waals surface area contributed by atoms with Gasteiger partial charge in [0.1, 0.15) is 5.75 Å². The van der Waals surface area contributed by atoms with Gasteiger partial charge in [0, 0.05) is 29.8 Å². The number of benzene rings is 2. The molecule has 0 unspecified atom stereocenters. The van der Waals surface area contributed by atoms with E-state index in [1.165, 1.54) is 0 Å². The predicted molar refractivity (Wildman–Crippen MR) is 112 cm³/mol. The van der Waals surface area contributed by atoms with Crippen molar-refractivity contribution < 1.29 is 9.47 Å². The largest absolute Gasteiger partial charge is 0.468 e. The highest BCUT2D eigenvalue weighted by Gasteiger charge is 2.14. The van der Waals surface area contributed by atoms with Gasteiger partial charge in [0.05, 0.1) is 16.7 Å². The van der Waals surface area contributed by atoms with Crippen LogP contribution in [0.5, 0.6) is 5.75 Å². The Bertz CT molecular complexity index is 1070. The van der Waals surface area contributed by atoms with Crippen LogP contribution < -0.4 is 4.74 Å². The van der Waals surface area contributed by atoms with Crippen molar-refractivity contribution in [2.24, 2.45) is 0 Å². The molecule has 0 spiro atoms. The Morgan fingerprint density at radius 1 is 1.07 bits per heavy atom. The summed E-state index contributed by atoms with van der Waals surface area (Å²) >= 11 is 7.89. The quantitative estimate of drug-likeness (QED) is 0.303. The fourth-order valence-electron chi connectivity index (χ4n) is 2.81. The van der Waals surface area contributed by atoms with Crippen molar-refractivity contribution in [1.29, 1.82) is 0 Å². The lowest BCUT2D eigenvalue weighted by Gasteiger charge is -2.10. The van der Waals surface area contributed by atoms with Crippen LogP contribution in [0, 0.1) is 0 Å². The lowest BCUT2D eigenvalue weighted by Crippen LogP contribution is -2.00. The molecule has 7 heteroatoms. The summed E-state index contributed by atoms with van der Waals surface area (Å²) in [5, 5.41) is 1.56. The summed E-state index contributed by atoms with van der Waals surface area (Å²) in [5.74, 6) is 1.48. The van der Waals surface area contributed by atoms with Crippen molar-refractivity contribution in [1.82, 2.24) is 14.5 Å². The third kappa shape index (κ3) is 4.14. The maximum absolute atomic E-state index is 6.25. The standard InChI is InChI=1S/C21H18ClN3O2S/c1-26-14-27-18-8-6-17(7-9-18)25-20-12-15(22)5-10-19(20)24-21(25)28-13-16-4-2-3-11-23-16/h2-12H,13-14H2,1H3. The fraction of sp³-hybridized carbons (Fsp3) is 0.143. The highest BCUT2D eigenvalue weighted by molar-refractivity contribution is 7.98.